The molecule has 0 aliphatic heterocycles. The van der Waals surface area contributed by atoms with Crippen LogP contribution in [0.2, 0.25) is 0 Å². The van der Waals surface area contributed by atoms with Gasteiger partial charge in [0.25, 0.3) is 0 Å². The monoisotopic (exact) mass is 442 g/mol. The number of nitrogens with one attached hydrogen (secondary N) is 1. The first-order chi connectivity index (χ1) is 16.1. The lowest BCUT2D eigenvalue weighted by atomic mass is 10.1. The summed E-state index contributed by atoms with van der Waals surface area (Å²) in [5.74, 6) is -0.522. The summed E-state index contributed by atoms with van der Waals surface area (Å²) in [6.07, 6.45) is 1.65. The van der Waals surface area contributed by atoms with E-state index in [9.17, 15) is 9.59 Å². The summed E-state index contributed by atoms with van der Waals surface area (Å²) in [5, 5.41) is 3.69. The first-order valence-electron chi connectivity index (χ1n) is 10.8. The Morgan fingerprint density at radius 2 is 1.52 bits per heavy atom. The Kier molecular flexibility index (Phi) is 7.05. The zero-order valence-corrected chi connectivity index (χ0v) is 18.4. The molecule has 1 heterocycles. The average Bonchev–Trinajstić information content (AvgIpc) is 3.20. The van der Waals surface area contributed by atoms with Crippen molar-refractivity contribution in [2.45, 2.75) is 25.6 Å². The summed E-state index contributed by atoms with van der Waals surface area (Å²) >= 11 is 0. The molecule has 1 aromatic heterocycles. The Morgan fingerprint density at radius 1 is 0.879 bits per heavy atom. The molecule has 1 amide bonds. The Balaban J connectivity index is 1.52. The van der Waals surface area contributed by atoms with Crippen LogP contribution in [0.5, 0.6) is 0 Å². The van der Waals surface area contributed by atoms with Crippen LogP contribution in [-0.2, 0) is 33.8 Å². The van der Waals surface area contributed by atoms with E-state index in [1.54, 1.807) is 0 Å². The number of rotatable bonds is 8. The summed E-state index contributed by atoms with van der Waals surface area (Å²) in [4.78, 5) is 24.9. The van der Waals surface area contributed by atoms with E-state index < -0.39 is 18.1 Å². The smallest absolute Gasteiger partial charge is 0.408 e. The molecule has 4 aromatic rings. The van der Waals surface area contributed by atoms with Gasteiger partial charge in [-0.2, -0.15) is 0 Å². The van der Waals surface area contributed by atoms with Crippen LogP contribution in [0.15, 0.2) is 91.1 Å². The van der Waals surface area contributed by atoms with Gasteiger partial charge < -0.3 is 19.4 Å². The largest absolute Gasteiger partial charge is 0.467 e. The summed E-state index contributed by atoms with van der Waals surface area (Å²) < 4.78 is 12.4. The molecule has 4 rings (SSSR count). The molecule has 3 aromatic carbocycles. The number of methoxy groups -OCH3 is 1. The van der Waals surface area contributed by atoms with Gasteiger partial charge in [0.2, 0.25) is 0 Å². The molecule has 6 nitrogen and oxygen atoms in total. The van der Waals surface area contributed by atoms with Crippen molar-refractivity contribution in [3.8, 4) is 0 Å². The fourth-order valence-electron chi connectivity index (χ4n) is 3.86. The van der Waals surface area contributed by atoms with Crippen LogP contribution in [0.25, 0.3) is 10.9 Å². The van der Waals surface area contributed by atoms with E-state index in [1.807, 2.05) is 72.9 Å². The molecule has 33 heavy (non-hydrogen) atoms. The van der Waals surface area contributed by atoms with Gasteiger partial charge in [-0.15, -0.1) is 0 Å². The predicted octanol–water partition coefficient (Wildman–Crippen LogP) is 4.70. The zero-order chi connectivity index (χ0) is 23.0. The number of carbonyl (C=O) groups excluding carboxylic acids is 2. The quantitative estimate of drug-likeness (QED) is 0.402. The number of esters is 1. The summed E-state index contributed by atoms with van der Waals surface area (Å²) in [5.41, 5.74) is 4.05. The van der Waals surface area contributed by atoms with Crippen LogP contribution >= 0.6 is 0 Å². The van der Waals surface area contributed by atoms with E-state index in [1.165, 1.54) is 12.7 Å². The Labute approximate surface area is 192 Å². The third kappa shape index (κ3) is 5.60. The minimum atomic E-state index is -0.866. The Hall–Kier alpha value is -4.06. The minimum absolute atomic E-state index is 0.122. The van der Waals surface area contributed by atoms with E-state index in [0.29, 0.717) is 6.54 Å². The van der Waals surface area contributed by atoms with Crippen LogP contribution in [0.1, 0.15) is 16.7 Å². The number of hydrogen-bond acceptors (Lipinski definition) is 4. The fourth-order valence-corrected chi connectivity index (χ4v) is 3.86. The second-order valence-electron chi connectivity index (χ2n) is 7.77. The maximum Gasteiger partial charge on any atom is 0.408 e. The van der Waals surface area contributed by atoms with Crippen molar-refractivity contribution in [1.82, 2.24) is 9.88 Å². The average molecular weight is 443 g/mol. The second-order valence-corrected chi connectivity index (χ2v) is 7.77. The molecule has 0 aliphatic rings. The number of benzene rings is 3. The lowest BCUT2D eigenvalue weighted by Gasteiger charge is -2.16. The van der Waals surface area contributed by atoms with Gasteiger partial charge in [0.1, 0.15) is 12.6 Å². The fraction of sp³-hybridized carbons (Fsp3) is 0.185. The van der Waals surface area contributed by atoms with Gasteiger partial charge in [0.15, 0.2) is 0 Å². The number of hydrogen-bond donors (Lipinski definition) is 1. The van der Waals surface area contributed by atoms with E-state index in [4.69, 9.17) is 9.47 Å². The number of para-hydroxylation sites is 1. The maximum absolute atomic E-state index is 12.5. The maximum atomic E-state index is 12.5. The number of ether oxygens (including phenoxy) is 2. The van der Waals surface area contributed by atoms with Crippen molar-refractivity contribution in [2.24, 2.45) is 0 Å². The van der Waals surface area contributed by atoms with E-state index in [2.05, 4.69) is 28.1 Å². The zero-order valence-electron chi connectivity index (χ0n) is 18.4. The highest BCUT2D eigenvalue weighted by molar-refractivity contribution is 5.86. The van der Waals surface area contributed by atoms with Gasteiger partial charge in [-0.05, 0) is 22.8 Å². The van der Waals surface area contributed by atoms with Crippen molar-refractivity contribution >= 4 is 23.0 Å². The molecule has 0 radical (unpaired) electrons. The first-order valence-corrected chi connectivity index (χ1v) is 10.8. The number of nitrogens with zero attached hydrogens (tertiary/aromatic N) is 1. The van der Waals surface area contributed by atoms with Crippen molar-refractivity contribution in [3.63, 3.8) is 0 Å². The topological polar surface area (TPSA) is 69.6 Å². The van der Waals surface area contributed by atoms with Crippen molar-refractivity contribution in [3.05, 3.63) is 108 Å². The normalized spacial score (nSPS) is 11.7. The van der Waals surface area contributed by atoms with Crippen LogP contribution in [-0.4, -0.2) is 29.8 Å². The molecular weight excluding hydrogens is 416 g/mol. The molecule has 0 saturated heterocycles. The summed E-state index contributed by atoms with van der Waals surface area (Å²) in [6, 6.07) is 26.7. The van der Waals surface area contributed by atoms with Crippen LogP contribution in [0.3, 0.4) is 0 Å². The van der Waals surface area contributed by atoms with Crippen molar-refractivity contribution < 1.29 is 19.1 Å². The molecule has 6 heteroatoms. The molecule has 0 saturated carbocycles. The molecule has 0 bridgehead atoms. The highest BCUT2D eigenvalue weighted by Crippen LogP contribution is 2.24. The van der Waals surface area contributed by atoms with Gasteiger partial charge in [0, 0.05) is 30.1 Å². The van der Waals surface area contributed by atoms with Gasteiger partial charge in [-0.3, -0.25) is 0 Å². The molecule has 1 unspecified atom stereocenters. The van der Waals surface area contributed by atoms with Crippen LogP contribution < -0.4 is 5.32 Å². The summed E-state index contributed by atoms with van der Waals surface area (Å²) in [7, 11) is 1.31. The molecule has 0 fully saturated rings. The molecule has 1 atom stereocenters. The minimum Gasteiger partial charge on any atom is -0.467 e. The van der Waals surface area contributed by atoms with E-state index in [0.717, 1.165) is 22.0 Å². The Morgan fingerprint density at radius 3 is 2.21 bits per heavy atom. The second kappa shape index (κ2) is 10.5. The highest BCUT2D eigenvalue weighted by atomic mass is 16.6. The Bertz CT molecular complexity index is 1220. The lowest BCUT2D eigenvalue weighted by molar-refractivity contribution is -0.142. The SMILES string of the molecule is COC(=O)C(Cc1cn(Cc2ccccc2)c2ccccc12)NC(=O)OCc1ccccc1. The predicted molar refractivity (Wildman–Crippen MR) is 127 cm³/mol. The lowest BCUT2D eigenvalue weighted by Crippen LogP contribution is -2.43. The number of amides is 1. The van der Waals surface area contributed by atoms with Gasteiger partial charge in [-0.1, -0.05) is 78.9 Å². The van der Waals surface area contributed by atoms with Crippen LogP contribution in [0, 0.1) is 0 Å². The third-order valence-electron chi connectivity index (χ3n) is 5.48. The molecular formula is C27H26N2O4. The summed E-state index contributed by atoms with van der Waals surface area (Å²) in [6.45, 7) is 0.827. The third-order valence-corrected chi connectivity index (χ3v) is 5.48. The molecule has 0 spiro atoms. The number of alkyl carbamates (subject to hydrolysis) is 1. The first kappa shape index (κ1) is 22.1. The van der Waals surface area contributed by atoms with E-state index in [-0.39, 0.29) is 13.0 Å². The molecule has 168 valence electrons. The highest BCUT2D eigenvalue weighted by Gasteiger charge is 2.24. The number of fused-ring (bicyclic) bond motifs is 1. The molecule has 0 aliphatic carbocycles. The van der Waals surface area contributed by atoms with Gasteiger partial charge >= 0.3 is 12.1 Å². The number of carbonyl (C=O) groups is 2. The van der Waals surface area contributed by atoms with Gasteiger partial charge in [-0.25, -0.2) is 9.59 Å². The molecule has 1 N–H and O–H groups in total. The van der Waals surface area contributed by atoms with Crippen LogP contribution in [0.4, 0.5) is 4.79 Å². The van der Waals surface area contributed by atoms with E-state index >= 15 is 0 Å². The van der Waals surface area contributed by atoms with Gasteiger partial charge in [0.05, 0.1) is 7.11 Å². The number of aromatic nitrogens is 1. The van der Waals surface area contributed by atoms with Crippen molar-refractivity contribution in [2.75, 3.05) is 7.11 Å². The standard InChI is InChI=1S/C27H26N2O4/c1-32-26(30)24(28-27(31)33-19-21-12-6-3-7-13-21)16-22-18-29(17-20-10-4-2-5-11-20)25-15-9-8-14-23(22)25/h2-15,18,24H,16-17,19H2,1H3,(H,28,31). The van der Waals surface area contributed by atoms with Crippen molar-refractivity contribution in [1.29, 1.82) is 0 Å².